The van der Waals surface area contributed by atoms with Crippen molar-refractivity contribution >= 4 is 19.2 Å². The Kier molecular flexibility index (Phi) is 11.1. The maximum Gasteiger partial charge on any atom is 0.0553 e. The van der Waals surface area contributed by atoms with Crippen LogP contribution < -0.4 is 0 Å². The van der Waals surface area contributed by atoms with Crippen LogP contribution in [-0.2, 0) is 21.7 Å². The molecule has 0 radical (unpaired) electrons. The van der Waals surface area contributed by atoms with E-state index in [1.54, 1.807) is 22.3 Å². The second-order valence-corrected chi connectivity index (χ2v) is 28.6. The van der Waals surface area contributed by atoms with Crippen molar-refractivity contribution in [1.29, 1.82) is 0 Å². The van der Waals surface area contributed by atoms with Gasteiger partial charge in [-0.3, -0.25) is 0 Å². The Labute approximate surface area is 340 Å². The first-order chi connectivity index (χ1) is 25.2. The standard InChI is InChI=1S/C54H80Si/c1-19-35-23-43(37-27-39(51(5,6)7)31-40(28-37)52(8,9)10)45-21-33(3)49(47(45)25-35)55(17,18)50-34(4)22-46-44(24-36(20-2)26-48(46)50)38-29-41(53(11,12)13)32-42(30-38)54(14,15)16/h23-34,45-50H,19-22H2,1-18H3. The lowest BCUT2D eigenvalue weighted by molar-refractivity contribution is 0.492. The van der Waals surface area contributed by atoms with Crippen LogP contribution in [-0.4, -0.2) is 8.07 Å². The molecule has 6 rings (SSSR count). The molecular weight excluding hydrogens is 677 g/mol. The van der Waals surface area contributed by atoms with Gasteiger partial charge in [0.1, 0.15) is 0 Å². The summed E-state index contributed by atoms with van der Waals surface area (Å²) in [5, 5.41) is 0. The van der Waals surface area contributed by atoms with E-state index in [4.69, 9.17) is 0 Å². The molecule has 4 aliphatic rings. The van der Waals surface area contributed by atoms with Gasteiger partial charge in [-0.2, -0.15) is 0 Å². The van der Waals surface area contributed by atoms with E-state index < -0.39 is 8.07 Å². The fourth-order valence-electron chi connectivity index (χ4n) is 12.0. The zero-order valence-corrected chi connectivity index (χ0v) is 39.7. The molecule has 0 aliphatic heterocycles. The fourth-order valence-corrected chi connectivity index (χ4v) is 18.3. The van der Waals surface area contributed by atoms with Crippen molar-refractivity contribution in [2.45, 2.75) is 182 Å². The van der Waals surface area contributed by atoms with E-state index in [9.17, 15) is 0 Å². The maximum atomic E-state index is 2.85. The summed E-state index contributed by atoms with van der Waals surface area (Å²) in [5.74, 6) is 3.96. The van der Waals surface area contributed by atoms with E-state index in [-0.39, 0.29) is 21.7 Å². The number of hydrogen-bond donors (Lipinski definition) is 0. The summed E-state index contributed by atoms with van der Waals surface area (Å²) in [6.07, 6.45) is 15.8. The van der Waals surface area contributed by atoms with Crippen LogP contribution in [0.2, 0.25) is 24.2 Å². The van der Waals surface area contributed by atoms with Gasteiger partial charge in [-0.25, -0.2) is 0 Å². The number of benzene rings is 2. The summed E-state index contributed by atoms with van der Waals surface area (Å²) in [6, 6.07) is 15.3. The van der Waals surface area contributed by atoms with Gasteiger partial charge in [0.2, 0.25) is 0 Å². The van der Waals surface area contributed by atoms with E-state index in [1.165, 1.54) is 46.2 Å². The van der Waals surface area contributed by atoms with Crippen LogP contribution in [0.5, 0.6) is 0 Å². The highest BCUT2D eigenvalue weighted by molar-refractivity contribution is 6.80. The first-order valence-electron chi connectivity index (χ1n) is 22.4. The number of hydrogen-bond acceptors (Lipinski definition) is 0. The van der Waals surface area contributed by atoms with Crippen LogP contribution in [0, 0.1) is 35.5 Å². The molecule has 0 nitrogen and oxygen atoms in total. The summed E-state index contributed by atoms with van der Waals surface area (Å²) in [4.78, 5) is 0. The Balaban J connectivity index is 1.41. The van der Waals surface area contributed by atoms with Crippen LogP contribution in [0.15, 0.2) is 71.8 Å². The molecule has 0 saturated heterocycles. The molecule has 0 heterocycles. The van der Waals surface area contributed by atoms with E-state index >= 15 is 0 Å². The van der Waals surface area contributed by atoms with Gasteiger partial charge < -0.3 is 0 Å². The van der Waals surface area contributed by atoms with E-state index in [0.29, 0.717) is 23.7 Å². The topological polar surface area (TPSA) is 0 Å². The molecular formula is C54H80Si. The molecule has 4 aliphatic carbocycles. The molecule has 0 amide bonds. The van der Waals surface area contributed by atoms with Crippen molar-refractivity contribution < 1.29 is 0 Å². The summed E-state index contributed by atoms with van der Waals surface area (Å²) in [7, 11) is -1.83. The molecule has 2 aromatic carbocycles. The zero-order chi connectivity index (χ0) is 40.8. The smallest absolute Gasteiger partial charge is 0.0553 e. The van der Waals surface area contributed by atoms with Gasteiger partial charge in [-0.1, -0.05) is 196 Å². The molecule has 2 aromatic rings. The first-order valence-corrected chi connectivity index (χ1v) is 25.6. The number of allylic oxidation sites excluding steroid dienone is 8. The quantitative estimate of drug-likeness (QED) is 0.258. The van der Waals surface area contributed by atoms with Crippen molar-refractivity contribution in [3.63, 3.8) is 0 Å². The largest absolute Gasteiger partial charge is 0.0776 e. The highest BCUT2D eigenvalue weighted by Gasteiger charge is 2.58. The lowest BCUT2D eigenvalue weighted by Crippen LogP contribution is -2.46. The summed E-state index contributed by atoms with van der Waals surface area (Å²) < 4.78 is 0. The maximum absolute atomic E-state index is 2.85. The lowest BCUT2D eigenvalue weighted by atomic mass is 9.74. The van der Waals surface area contributed by atoms with Crippen molar-refractivity contribution in [2.75, 3.05) is 0 Å². The van der Waals surface area contributed by atoms with E-state index in [2.05, 4.69) is 185 Å². The van der Waals surface area contributed by atoms with Crippen molar-refractivity contribution in [3.8, 4) is 0 Å². The van der Waals surface area contributed by atoms with E-state index in [0.717, 1.165) is 35.8 Å². The van der Waals surface area contributed by atoms with Gasteiger partial charge >= 0.3 is 0 Å². The van der Waals surface area contributed by atoms with Crippen molar-refractivity contribution in [2.24, 2.45) is 35.5 Å². The lowest BCUT2D eigenvalue weighted by Gasteiger charge is -2.46. The minimum Gasteiger partial charge on any atom is -0.0776 e. The molecule has 8 atom stereocenters. The minimum atomic E-state index is -1.83. The summed E-state index contributed by atoms with van der Waals surface area (Å²) in [5.41, 5.74) is 17.4. The Bertz CT molecular complexity index is 1690. The van der Waals surface area contributed by atoms with Gasteiger partial charge in [0.05, 0.1) is 8.07 Å². The van der Waals surface area contributed by atoms with Gasteiger partial charge in [0.15, 0.2) is 0 Å². The molecule has 8 unspecified atom stereocenters. The van der Waals surface area contributed by atoms with Gasteiger partial charge in [0.25, 0.3) is 0 Å². The molecule has 55 heavy (non-hydrogen) atoms. The highest BCUT2D eigenvalue weighted by Crippen LogP contribution is 2.65. The van der Waals surface area contributed by atoms with Gasteiger partial charge in [-0.05, 0) is 138 Å². The Morgan fingerprint density at radius 2 is 0.782 bits per heavy atom. The fraction of sp³-hybridized carbons (Fsp3) is 0.630. The minimum absolute atomic E-state index is 0.115. The van der Waals surface area contributed by atoms with Crippen molar-refractivity contribution in [1.82, 2.24) is 0 Å². The predicted octanol–water partition coefficient (Wildman–Crippen LogP) is 16.0. The van der Waals surface area contributed by atoms with E-state index in [1.807, 2.05) is 0 Å². The second-order valence-electron chi connectivity index (χ2n) is 23.7. The number of rotatable bonds is 6. The Hall–Kier alpha value is -2.38. The van der Waals surface area contributed by atoms with Gasteiger partial charge in [0, 0.05) is 0 Å². The average molecular weight is 757 g/mol. The molecule has 0 spiro atoms. The van der Waals surface area contributed by atoms with Crippen LogP contribution >= 0.6 is 0 Å². The molecule has 2 fully saturated rings. The summed E-state index contributed by atoms with van der Waals surface area (Å²) >= 11 is 0. The second kappa shape index (κ2) is 14.5. The van der Waals surface area contributed by atoms with Crippen molar-refractivity contribution in [3.05, 3.63) is 105 Å². The molecule has 2 saturated carbocycles. The SMILES string of the molecule is CCC1=CC2C(CC(C)C2[Si](C)(C)C2C(C)CC3C(c4cc(C(C)(C)C)cc(C(C)(C)C)c4)=CC(CC)=CC32)C(c2cc(C(C)(C)C)cc(C(C)(C)C)c2)=C1. The predicted molar refractivity (Wildman–Crippen MR) is 247 cm³/mol. The third-order valence-electron chi connectivity index (χ3n) is 15.1. The van der Waals surface area contributed by atoms with Crippen LogP contribution in [0.25, 0.3) is 11.1 Å². The average Bonchev–Trinajstić information content (AvgIpc) is 3.61. The molecule has 0 N–H and O–H groups in total. The van der Waals surface area contributed by atoms with Gasteiger partial charge in [-0.15, -0.1) is 0 Å². The highest BCUT2D eigenvalue weighted by atomic mass is 28.3. The molecule has 0 bridgehead atoms. The van der Waals surface area contributed by atoms with Crippen LogP contribution in [0.1, 0.15) is 170 Å². The van der Waals surface area contributed by atoms with Crippen LogP contribution in [0.3, 0.4) is 0 Å². The molecule has 1 heteroatoms. The first kappa shape index (κ1) is 42.2. The summed E-state index contributed by atoms with van der Waals surface area (Å²) in [6.45, 7) is 44.5. The zero-order valence-electron chi connectivity index (χ0n) is 38.7. The third kappa shape index (κ3) is 8.05. The molecule has 0 aromatic heterocycles. The normalized spacial score (nSPS) is 29.0. The number of fused-ring (bicyclic) bond motifs is 2. The molecule has 300 valence electrons. The van der Waals surface area contributed by atoms with Crippen LogP contribution in [0.4, 0.5) is 0 Å². The third-order valence-corrected chi connectivity index (χ3v) is 20.4. The Morgan fingerprint density at radius 3 is 1.04 bits per heavy atom. The monoisotopic (exact) mass is 757 g/mol. The Morgan fingerprint density at radius 1 is 0.491 bits per heavy atom.